The average molecular weight is 397 g/mol. The van der Waals surface area contributed by atoms with E-state index >= 15 is 0 Å². The molecule has 2 N–H and O–H groups in total. The molecule has 0 radical (unpaired) electrons. The molecule has 1 amide bonds. The van der Waals surface area contributed by atoms with E-state index in [9.17, 15) is 18.0 Å². The zero-order chi connectivity index (χ0) is 20.0. The summed E-state index contributed by atoms with van der Waals surface area (Å²) in [5.74, 6) is -1.58. The number of aliphatic carboxylic acids is 1. The predicted octanol–water partition coefficient (Wildman–Crippen LogP) is 1.45. The number of nitrogens with zero attached hydrogens (tertiary/aromatic N) is 2. The van der Waals surface area contributed by atoms with E-state index in [1.54, 1.807) is 26.0 Å². The van der Waals surface area contributed by atoms with Crippen LogP contribution in [0.1, 0.15) is 26.7 Å². The Hall–Kier alpha value is -1.97. The number of amides is 1. The Bertz CT molecular complexity index is 777. The lowest BCUT2D eigenvalue weighted by molar-refractivity contribution is -0.144. The van der Waals surface area contributed by atoms with Crippen molar-refractivity contribution in [3.8, 4) is 0 Å². The normalized spacial score (nSPS) is 18.4. The van der Waals surface area contributed by atoms with Crippen LogP contribution in [0.15, 0.2) is 29.2 Å². The SMILES string of the molecule is CCN(CC)S(=O)(=O)c1cccc(NC(=O)CN2CCCC(C(=O)O)C2)c1. The molecule has 1 fully saturated rings. The molecule has 27 heavy (non-hydrogen) atoms. The number of carboxylic acid groups (broad SMARTS) is 1. The maximum absolute atomic E-state index is 12.6. The molecule has 1 aromatic carbocycles. The fourth-order valence-corrected chi connectivity index (χ4v) is 4.76. The minimum atomic E-state index is -3.60. The number of hydrogen-bond donors (Lipinski definition) is 2. The van der Waals surface area contributed by atoms with Crippen LogP contribution in [0, 0.1) is 5.92 Å². The molecule has 1 heterocycles. The zero-order valence-corrected chi connectivity index (χ0v) is 16.5. The standard InChI is InChI=1S/C18H27N3O5S/c1-3-21(4-2)27(25,26)16-9-5-8-15(11-16)19-17(22)13-20-10-6-7-14(12-20)18(23)24/h5,8-9,11,14H,3-4,6-7,10,12-13H2,1-2H3,(H,19,22)(H,23,24). The molecule has 9 heteroatoms. The van der Waals surface area contributed by atoms with Gasteiger partial charge < -0.3 is 10.4 Å². The topological polar surface area (TPSA) is 107 Å². The smallest absolute Gasteiger partial charge is 0.307 e. The highest BCUT2D eigenvalue weighted by atomic mass is 32.2. The quantitative estimate of drug-likeness (QED) is 0.688. The molecule has 1 saturated heterocycles. The van der Waals surface area contributed by atoms with Crippen LogP contribution < -0.4 is 5.32 Å². The first-order chi connectivity index (χ1) is 12.8. The summed E-state index contributed by atoms with van der Waals surface area (Å²) in [4.78, 5) is 25.4. The van der Waals surface area contributed by atoms with Gasteiger partial charge >= 0.3 is 5.97 Å². The van der Waals surface area contributed by atoms with Gasteiger partial charge in [0.1, 0.15) is 0 Å². The molecular formula is C18H27N3O5S. The molecule has 2 rings (SSSR count). The van der Waals surface area contributed by atoms with Crippen molar-refractivity contribution in [2.75, 3.05) is 38.0 Å². The Balaban J connectivity index is 2.03. The Morgan fingerprint density at radius 1 is 1.30 bits per heavy atom. The van der Waals surface area contributed by atoms with Crippen molar-refractivity contribution in [2.45, 2.75) is 31.6 Å². The van der Waals surface area contributed by atoms with E-state index in [0.29, 0.717) is 38.3 Å². The number of carbonyl (C=O) groups is 2. The third-order valence-corrected chi connectivity index (χ3v) is 6.73. The summed E-state index contributed by atoms with van der Waals surface area (Å²) in [5, 5.41) is 11.8. The summed E-state index contributed by atoms with van der Waals surface area (Å²) >= 11 is 0. The minimum Gasteiger partial charge on any atom is -0.481 e. The van der Waals surface area contributed by atoms with Crippen LogP contribution in [-0.4, -0.2) is 67.3 Å². The second-order valence-electron chi connectivity index (χ2n) is 6.58. The summed E-state index contributed by atoms with van der Waals surface area (Å²) in [6, 6.07) is 6.18. The second-order valence-corrected chi connectivity index (χ2v) is 8.52. The van der Waals surface area contributed by atoms with Crippen LogP contribution in [0.2, 0.25) is 0 Å². The van der Waals surface area contributed by atoms with Gasteiger partial charge in [-0.2, -0.15) is 4.31 Å². The minimum absolute atomic E-state index is 0.0802. The Morgan fingerprint density at radius 3 is 2.63 bits per heavy atom. The molecule has 0 aromatic heterocycles. The summed E-state index contributed by atoms with van der Waals surface area (Å²) < 4.78 is 26.6. The molecule has 1 atom stereocenters. The summed E-state index contributed by atoms with van der Waals surface area (Å²) in [7, 11) is -3.60. The van der Waals surface area contributed by atoms with E-state index in [-0.39, 0.29) is 17.3 Å². The molecule has 0 aliphatic carbocycles. The largest absolute Gasteiger partial charge is 0.481 e. The van der Waals surface area contributed by atoms with E-state index in [4.69, 9.17) is 5.11 Å². The first-order valence-corrected chi connectivity index (χ1v) is 10.6. The number of carboxylic acids is 1. The Labute approximate surface area is 160 Å². The number of piperidine rings is 1. The second kappa shape index (κ2) is 9.29. The van der Waals surface area contributed by atoms with Gasteiger partial charge in [0, 0.05) is 25.3 Å². The summed E-state index contributed by atoms with van der Waals surface area (Å²) in [6.07, 6.45) is 1.36. The molecule has 1 aromatic rings. The van der Waals surface area contributed by atoms with Crippen molar-refractivity contribution in [3.05, 3.63) is 24.3 Å². The van der Waals surface area contributed by atoms with Crippen LogP contribution in [0.4, 0.5) is 5.69 Å². The van der Waals surface area contributed by atoms with Gasteiger partial charge in [-0.25, -0.2) is 8.42 Å². The van der Waals surface area contributed by atoms with E-state index in [1.165, 1.54) is 16.4 Å². The number of benzene rings is 1. The fourth-order valence-electron chi connectivity index (χ4n) is 3.25. The number of nitrogens with one attached hydrogen (secondary N) is 1. The first kappa shape index (κ1) is 21.3. The maximum Gasteiger partial charge on any atom is 0.307 e. The van der Waals surface area contributed by atoms with Gasteiger partial charge in [0.15, 0.2) is 0 Å². The lowest BCUT2D eigenvalue weighted by Crippen LogP contribution is -2.42. The summed E-state index contributed by atoms with van der Waals surface area (Å²) in [5.41, 5.74) is 0.403. The van der Waals surface area contributed by atoms with E-state index in [1.807, 2.05) is 4.90 Å². The third-order valence-electron chi connectivity index (χ3n) is 4.68. The lowest BCUT2D eigenvalue weighted by atomic mass is 9.98. The van der Waals surface area contributed by atoms with Crippen molar-refractivity contribution < 1.29 is 23.1 Å². The Morgan fingerprint density at radius 2 is 2.00 bits per heavy atom. The van der Waals surface area contributed by atoms with Crippen LogP contribution >= 0.6 is 0 Å². The van der Waals surface area contributed by atoms with Crippen molar-refractivity contribution in [3.63, 3.8) is 0 Å². The number of sulfonamides is 1. The van der Waals surface area contributed by atoms with Crippen molar-refractivity contribution in [1.82, 2.24) is 9.21 Å². The van der Waals surface area contributed by atoms with Gasteiger partial charge in [-0.1, -0.05) is 19.9 Å². The highest BCUT2D eigenvalue weighted by Crippen LogP contribution is 2.20. The predicted molar refractivity (Wildman–Crippen MR) is 102 cm³/mol. The number of carbonyl (C=O) groups excluding carboxylic acids is 1. The van der Waals surface area contributed by atoms with Gasteiger partial charge in [-0.15, -0.1) is 0 Å². The van der Waals surface area contributed by atoms with E-state index < -0.39 is 21.9 Å². The first-order valence-electron chi connectivity index (χ1n) is 9.13. The highest BCUT2D eigenvalue weighted by Gasteiger charge is 2.26. The zero-order valence-electron chi connectivity index (χ0n) is 15.7. The fraction of sp³-hybridized carbons (Fsp3) is 0.556. The molecular weight excluding hydrogens is 370 g/mol. The molecule has 0 bridgehead atoms. The number of anilines is 1. The molecule has 150 valence electrons. The van der Waals surface area contributed by atoms with E-state index in [2.05, 4.69) is 5.32 Å². The van der Waals surface area contributed by atoms with Crippen LogP contribution in [-0.2, 0) is 19.6 Å². The van der Waals surface area contributed by atoms with Gasteiger partial charge in [-0.05, 0) is 37.6 Å². The Kier molecular flexibility index (Phi) is 7.34. The lowest BCUT2D eigenvalue weighted by Gasteiger charge is -2.29. The van der Waals surface area contributed by atoms with Crippen LogP contribution in [0.5, 0.6) is 0 Å². The van der Waals surface area contributed by atoms with Gasteiger partial charge in [0.25, 0.3) is 0 Å². The van der Waals surface area contributed by atoms with Gasteiger partial charge in [0.05, 0.1) is 17.4 Å². The van der Waals surface area contributed by atoms with Crippen molar-refractivity contribution in [2.24, 2.45) is 5.92 Å². The van der Waals surface area contributed by atoms with Gasteiger partial charge in [0.2, 0.25) is 15.9 Å². The third kappa shape index (κ3) is 5.50. The average Bonchev–Trinajstić information content (AvgIpc) is 2.62. The number of rotatable bonds is 8. The van der Waals surface area contributed by atoms with Gasteiger partial charge in [-0.3, -0.25) is 14.5 Å². The molecule has 1 aliphatic heterocycles. The molecule has 8 nitrogen and oxygen atoms in total. The number of likely N-dealkylation sites (tertiary alicyclic amines) is 1. The van der Waals surface area contributed by atoms with Crippen molar-refractivity contribution in [1.29, 1.82) is 0 Å². The molecule has 1 unspecified atom stereocenters. The molecule has 1 aliphatic rings. The highest BCUT2D eigenvalue weighted by molar-refractivity contribution is 7.89. The molecule has 0 spiro atoms. The maximum atomic E-state index is 12.6. The summed E-state index contributed by atoms with van der Waals surface area (Å²) in [6.45, 7) is 5.39. The van der Waals surface area contributed by atoms with E-state index in [0.717, 1.165) is 6.42 Å². The van der Waals surface area contributed by atoms with Crippen LogP contribution in [0.3, 0.4) is 0 Å². The monoisotopic (exact) mass is 397 g/mol. The number of hydrogen-bond acceptors (Lipinski definition) is 5. The van der Waals surface area contributed by atoms with Crippen LogP contribution in [0.25, 0.3) is 0 Å². The molecule has 0 saturated carbocycles. The van der Waals surface area contributed by atoms with Crippen molar-refractivity contribution >= 4 is 27.6 Å².